The molecule has 3 rings (SSSR count). The van der Waals surface area contributed by atoms with Gasteiger partial charge < -0.3 is 0 Å². The fourth-order valence-corrected chi connectivity index (χ4v) is 3.30. The zero-order valence-electron chi connectivity index (χ0n) is 14.8. The van der Waals surface area contributed by atoms with Crippen LogP contribution in [0.1, 0.15) is 18.1 Å². The summed E-state index contributed by atoms with van der Waals surface area (Å²) in [7, 11) is 0. The van der Waals surface area contributed by atoms with Gasteiger partial charge in [-0.25, -0.2) is 9.07 Å². The van der Waals surface area contributed by atoms with Crippen LogP contribution in [-0.4, -0.2) is 16.9 Å². The maximum atomic E-state index is 13.3. The highest BCUT2D eigenvalue weighted by atomic mass is 32.1. The lowest BCUT2D eigenvalue weighted by Crippen LogP contribution is -2.14. The van der Waals surface area contributed by atoms with E-state index in [1.807, 2.05) is 24.4 Å². The summed E-state index contributed by atoms with van der Waals surface area (Å²) in [4.78, 5) is 5.23. The maximum Gasteiger partial charge on any atom is 0.206 e. The molecule has 0 aliphatic rings. The van der Waals surface area contributed by atoms with Crippen LogP contribution in [0.15, 0.2) is 76.7 Å². The Hall–Kier alpha value is -3.30. The Morgan fingerprint density at radius 1 is 1.22 bits per heavy atom. The second-order valence-electron chi connectivity index (χ2n) is 5.73. The summed E-state index contributed by atoms with van der Waals surface area (Å²) < 4.78 is 15.0. The SMILES string of the molecule is C=CCN=c1scc(-c2ccc(F)cc2)n1N=C(C)c1ccc(C#N)cc1. The van der Waals surface area contributed by atoms with Gasteiger partial charge in [0.25, 0.3) is 0 Å². The van der Waals surface area contributed by atoms with Gasteiger partial charge in [-0.2, -0.15) is 10.4 Å². The van der Waals surface area contributed by atoms with Crippen molar-refractivity contribution >= 4 is 17.0 Å². The average Bonchev–Trinajstić information content (AvgIpc) is 3.09. The van der Waals surface area contributed by atoms with Crippen LogP contribution < -0.4 is 4.80 Å². The summed E-state index contributed by atoms with van der Waals surface area (Å²) in [6.45, 7) is 6.08. The molecule has 1 aromatic heterocycles. The molecule has 0 fully saturated rings. The van der Waals surface area contributed by atoms with Crippen LogP contribution in [0.5, 0.6) is 0 Å². The van der Waals surface area contributed by atoms with Crippen molar-refractivity contribution in [2.75, 3.05) is 6.54 Å². The highest BCUT2D eigenvalue weighted by Gasteiger charge is 2.09. The van der Waals surface area contributed by atoms with E-state index >= 15 is 0 Å². The minimum atomic E-state index is -0.283. The smallest absolute Gasteiger partial charge is 0.206 e. The monoisotopic (exact) mass is 376 g/mol. The quantitative estimate of drug-likeness (QED) is 0.475. The van der Waals surface area contributed by atoms with E-state index in [2.05, 4.69) is 17.6 Å². The molecule has 2 aromatic carbocycles. The molecule has 0 radical (unpaired) electrons. The van der Waals surface area contributed by atoms with Crippen molar-refractivity contribution in [3.8, 4) is 17.3 Å². The molecule has 134 valence electrons. The van der Waals surface area contributed by atoms with Gasteiger partial charge in [-0.3, -0.25) is 4.99 Å². The standard InChI is InChI=1S/C21H17FN4S/c1-3-12-24-21-26(20(14-27-21)18-8-10-19(22)11-9-18)25-15(2)17-6-4-16(13-23)5-7-17/h3-11,14H,1,12H2,2H3. The first-order valence-electron chi connectivity index (χ1n) is 8.26. The molecule has 0 aliphatic heterocycles. The molecule has 0 unspecified atom stereocenters. The number of hydrogen-bond donors (Lipinski definition) is 0. The van der Waals surface area contributed by atoms with Crippen molar-refractivity contribution in [2.24, 2.45) is 10.1 Å². The van der Waals surface area contributed by atoms with Crippen LogP contribution in [0.4, 0.5) is 4.39 Å². The average molecular weight is 376 g/mol. The Kier molecular flexibility index (Phi) is 5.74. The summed E-state index contributed by atoms with van der Waals surface area (Å²) in [6.07, 6.45) is 1.72. The molecule has 0 bridgehead atoms. The summed E-state index contributed by atoms with van der Waals surface area (Å²) in [6, 6.07) is 15.6. The summed E-state index contributed by atoms with van der Waals surface area (Å²) in [5.74, 6) is -0.283. The topological polar surface area (TPSA) is 53.4 Å². The molecule has 0 amide bonds. The second-order valence-corrected chi connectivity index (χ2v) is 6.56. The van der Waals surface area contributed by atoms with Crippen LogP contribution in [0.25, 0.3) is 11.3 Å². The molecule has 27 heavy (non-hydrogen) atoms. The molecule has 6 heteroatoms. The van der Waals surface area contributed by atoms with Crippen LogP contribution >= 0.6 is 11.3 Å². The van der Waals surface area contributed by atoms with Gasteiger partial charge in [0.05, 0.1) is 29.6 Å². The number of nitrogens with zero attached hydrogens (tertiary/aromatic N) is 4. The first-order valence-corrected chi connectivity index (χ1v) is 9.14. The lowest BCUT2D eigenvalue weighted by molar-refractivity contribution is 0.628. The van der Waals surface area contributed by atoms with Crippen molar-refractivity contribution in [2.45, 2.75) is 6.92 Å². The largest absolute Gasteiger partial charge is 0.253 e. The third kappa shape index (κ3) is 4.27. The summed E-state index contributed by atoms with van der Waals surface area (Å²) in [5, 5.41) is 15.6. The van der Waals surface area contributed by atoms with Gasteiger partial charge in [-0.1, -0.05) is 18.2 Å². The molecule has 0 aliphatic carbocycles. The Labute approximate surface area is 160 Å². The van der Waals surface area contributed by atoms with E-state index in [-0.39, 0.29) is 5.82 Å². The Morgan fingerprint density at radius 2 is 1.93 bits per heavy atom. The molecular formula is C21H17FN4S. The number of thiazole rings is 1. The minimum Gasteiger partial charge on any atom is -0.253 e. The zero-order valence-corrected chi connectivity index (χ0v) is 15.6. The summed E-state index contributed by atoms with van der Waals surface area (Å²) in [5.41, 5.74) is 3.97. The molecule has 0 spiro atoms. The first kappa shape index (κ1) is 18.5. The third-order valence-electron chi connectivity index (χ3n) is 3.86. The first-order chi connectivity index (χ1) is 13.1. The number of hydrogen-bond acceptors (Lipinski definition) is 4. The van der Waals surface area contributed by atoms with Gasteiger partial charge in [0.15, 0.2) is 0 Å². The van der Waals surface area contributed by atoms with E-state index in [1.165, 1.54) is 23.5 Å². The molecule has 0 N–H and O–H groups in total. The number of benzene rings is 2. The Balaban J connectivity index is 2.10. The van der Waals surface area contributed by atoms with Gasteiger partial charge >= 0.3 is 0 Å². The predicted molar refractivity (Wildman–Crippen MR) is 107 cm³/mol. The zero-order chi connectivity index (χ0) is 19.2. The number of aromatic nitrogens is 1. The van der Waals surface area contributed by atoms with Crippen molar-refractivity contribution < 1.29 is 4.39 Å². The van der Waals surface area contributed by atoms with Crippen molar-refractivity contribution in [1.29, 1.82) is 5.26 Å². The normalized spacial score (nSPS) is 12.0. The van der Waals surface area contributed by atoms with Crippen LogP contribution in [0, 0.1) is 17.1 Å². The summed E-state index contributed by atoms with van der Waals surface area (Å²) >= 11 is 1.46. The Bertz CT molecular complexity index is 1080. The van der Waals surface area contributed by atoms with Crippen molar-refractivity contribution in [1.82, 2.24) is 4.68 Å². The minimum absolute atomic E-state index is 0.283. The van der Waals surface area contributed by atoms with Gasteiger partial charge in [-0.15, -0.1) is 17.9 Å². The lowest BCUT2D eigenvalue weighted by Gasteiger charge is -2.06. The van der Waals surface area contributed by atoms with E-state index in [0.29, 0.717) is 12.1 Å². The van der Waals surface area contributed by atoms with Gasteiger partial charge in [0, 0.05) is 10.9 Å². The molecular weight excluding hydrogens is 359 g/mol. The van der Waals surface area contributed by atoms with E-state index < -0.39 is 0 Å². The molecule has 0 saturated carbocycles. The van der Waals surface area contributed by atoms with E-state index in [4.69, 9.17) is 10.4 Å². The molecule has 3 aromatic rings. The predicted octanol–water partition coefficient (Wildman–Crippen LogP) is 4.59. The fourth-order valence-electron chi connectivity index (χ4n) is 2.46. The number of nitriles is 1. The highest BCUT2D eigenvalue weighted by Crippen LogP contribution is 2.21. The third-order valence-corrected chi connectivity index (χ3v) is 4.72. The van der Waals surface area contributed by atoms with Crippen molar-refractivity contribution in [3.05, 3.63) is 88.3 Å². The van der Waals surface area contributed by atoms with Crippen LogP contribution in [-0.2, 0) is 0 Å². The number of rotatable bonds is 5. The van der Waals surface area contributed by atoms with Crippen molar-refractivity contribution in [3.63, 3.8) is 0 Å². The molecule has 0 saturated heterocycles. The van der Waals surface area contributed by atoms with Gasteiger partial charge in [0.2, 0.25) is 4.80 Å². The maximum absolute atomic E-state index is 13.3. The molecule has 4 nitrogen and oxygen atoms in total. The highest BCUT2D eigenvalue weighted by molar-refractivity contribution is 7.07. The molecule has 1 heterocycles. The second kappa shape index (κ2) is 8.39. The lowest BCUT2D eigenvalue weighted by atomic mass is 10.1. The number of halogens is 1. The van der Waals surface area contributed by atoms with Crippen LogP contribution in [0.2, 0.25) is 0 Å². The van der Waals surface area contributed by atoms with Crippen LogP contribution in [0.3, 0.4) is 0 Å². The van der Waals surface area contributed by atoms with E-state index in [1.54, 1.807) is 35.0 Å². The van der Waals surface area contributed by atoms with E-state index in [0.717, 1.165) is 27.3 Å². The van der Waals surface area contributed by atoms with Gasteiger partial charge in [0.1, 0.15) is 5.82 Å². The fraction of sp³-hybridized carbons (Fsp3) is 0.0952. The van der Waals surface area contributed by atoms with Gasteiger partial charge in [-0.05, 0) is 48.9 Å². The molecule has 0 atom stereocenters. The Morgan fingerprint density at radius 3 is 2.56 bits per heavy atom. The van der Waals surface area contributed by atoms with E-state index in [9.17, 15) is 4.39 Å².